The molecule has 0 heterocycles. The third-order valence-corrected chi connectivity index (χ3v) is 1.17. The van der Waals surface area contributed by atoms with Crippen LogP contribution >= 0.6 is 0 Å². The van der Waals surface area contributed by atoms with E-state index in [-0.39, 0.29) is 5.54 Å². The van der Waals surface area contributed by atoms with Gasteiger partial charge in [0.1, 0.15) is 0 Å². The Morgan fingerprint density at radius 1 is 1.55 bits per heavy atom. The highest BCUT2D eigenvalue weighted by Gasteiger charge is 2.12. The molecule has 0 aliphatic rings. The molecular formula is C7H17N3O. The molecule has 4 heteroatoms. The normalized spacial score (nSPS) is 12.6. The highest BCUT2D eigenvalue weighted by atomic mass is 16.4. The van der Waals surface area contributed by atoms with Crippen LogP contribution in [0.25, 0.3) is 0 Å². The average molecular weight is 159 g/mol. The van der Waals surface area contributed by atoms with Crippen LogP contribution < -0.4 is 10.9 Å². The van der Waals surface area contributed by atoms with E-state index in [9.17, 15) is 0 Å². The maximum atomic E-state index is 8.26. The summed E-state index contributed by atoms with van der Waals surface area (Å²) in [6.45, 7) is 6.81. The van der Waals surface area contributed by atoms with E-state index in [1.54, 1.807) is 0 Å². The second-order valence-corrected chi connectivity index (χ2v) is 3.02. The Bertz CT molecular complexity index is 123. The summed E-state index contributed by atoms with van der Waals surface area (Å²) >= 11 is 0. The maximum absolute atomic E-state index is 8.26. The minimum Gasteiger partial charge on any atom is -0.411 e. The minimum atomic E-state index is -0.302. The van der Waals surface area contributed by atoms with Gasteiger partial charge in [-0.1, -0.05) is 6.92 Å². The number of hydrogen-bond donors (Lipinski definition) is 3. The summed E-state index contributed by atoms with van der Waals surface area (Å²) in [4.78, 5) is 0. The molecule has 66 valence electrons. The highest BCUT2D eigenvalue weighted by molar-refractivity contribution is 5.67. The molecule has 0 saturated carbocycles. The Morgan fingerprint density at radius 3 is 2.64 bits per heavy atom. The Labute approximate surface area is 67.6 Å². The maximum Gasteiger partial charge on any atom is 0.0650 e. The number of nitrogens with zero attached hydrogens (tertiary/aromatic N) is 1. The predicted octanol–water partition coefficient (Wildman–Crippen LogP) is 0.729. The summed E-state index contributed by atoms with van der Waals surface area (Å²) in [6.07, 6.45) is 2.51. The van der Waals surface area contributed by atoms with Crippen LogP contribution in [0.4, 0.5) is 0 Å². The van der Waals surface area contributed by atoms with Crippen molar-refractivity contribution in [2.24, 2.45) is 5.16 Å². The minimum absolute atomic E-state index is 0.302. The van der Waals surface area contributed by atoms with Crippen molar-refractivity contribution in [1.29, 1.82) is 0 Å². The molecule has 0 amide bonds. The van der Waals surface area contributed by atoms with Crippen LogP contribution in [0.3, 0.4) is 0 Å². The van der Waals surface area contributed by atoms with Crippen LogP contribution in [0.2, 0.25) is 0 Å². The van der Waals surface area contributed by atoms with Gasteiger partial charge in [0.15, 0.2) is 0 Å². The molecule has 0 rings (SSSR count). The van der Waals surface area contributed by atoms with Gasteiger partial charge in [0, 0.05) is 6.54 Å². The molecule has 0 aromatic heterocycles. The first kappa shape index (κ1) is 10.4. The lowest BCUT2D eigenvalue weighted by atomic mass is 10.1. The fourth-order valence-electron chi connectivity index (χ4n) is 0.592. The SMILES string of the molecule is CCCNNC(C)(C)/C=N/O. The van der Waals surface area contributed by atoms with Crippen LogP contribution in [-0.2, 0) is 0 Å². The predicted molar refractivity (Wildman–Crippen MR) is 45.8 cm³/mol. The van der Waals surface area contributed by atoms with Crippen LogP contribution in [0.1, 0.15) is 27.2 Å². The van der Waals surface area contributed by atoms with Gasteiger partial charge in [-0.05, 0) is 20.3 Å². The van der Waals surface area contributed by atoms with Crippen LogP contribution in [0.15, 0.2) is 5.16 Å². The average Bonchev–Trinajstić information content (AvgIpc) is 1.87. The van der Waals surface area contributed by atoms with Gasteiger partial charge in [0.25, 0.3) is 0 Å². The van der Waals surface area contributed by atoms with Crippen LogP contribution in [0, 0.1) is 0 Å². The zero-order valence-corrected chi connectivity index (χ0v) is 7.39. The van der Waals surface area contributed by atoms with Gasteiger partial charge in [0.05, 0.1) is 11.8 Å². The zero-order chi connectivity index (χ0) is 8.74. The van der Waals surface area contributed by atoms with Crippen molar-refractivity contribution in [3.05, 3.63) is 0 Å². The standard InChI is InChI=1S/C7H17N3O/c1-4-5-8-10-7(2,3)6-9-11/h6,8,10-11H,4-5H2,1-3H3/b9-6+. The Morgan fingerprint density at radius 2 is 2.18 bits per heavy atom. The molecule has 0 spiro atoms. The number of oxime groups is 1. The number of rotatable bonds is 5. The van der Waals surface area contributed by atoms with Crippen molar-refractivity contribution in [2.75, 3.05) is 6.54 Å². The first-order valence-electron chi connectivity index (χ1n) is 3.81. The lowest BCUT2D eigenvalue weighted by Gasteiger charge is -2.20. The largest absolute Gasteiger partial charge is 0.411 e. The summed E-state index contributed by atoms with van der Waals surface area (Å²) in [6, 6.07) is 0. The second kappa shape index (κ2) is 5.09. The van der Waals surface area contributed by atoms with Gasteiger partial charge in [-0.3, -0.25) is 5.43 Å². The topological polar surface area (TPSA) is 56.7 Å². The molecule has 0 bridgehead atoms. The van der Waals surface area contributed by atoms with Gasteiger partial charge in [-0.25, -0.2) is 5.43 Å². The molecule has 0 fully saturated rings. The Kier molecular flexibility index (Phi) is 4.81. The van der Waals surface area contributed by atoms with Gasteiger partial charge >= 0.3 is 0 Å². The third-order valence-electron chi connectivity index (χ3n) is 1.17. The summed E-state index contributed by atoms with van der Waals surface area (Å²) in [5.74, 6) is 0. The highest BCUT2D eigenvalue weighted by Crippen LogP contribution is 1.94. The van der Waals surface area contributed by atoms with Gasteiger partial charge < -0.3 is 5.21 Å². The molecule has 0 atom stereocenters. The molecule has 0 aliphatic carbocycles. The van der Waals surface area contributed by atoms with Gasteiger partial charge in [-0.15, -0.1) is 5.16 Å². The van der Waals surface area contributed by atoms with Crippen molar-refractivity contribution in [1.82, 2.24) is 10.9 Å². The molecule has 0 aromatic rings. The first-order valence-corrected chi connectivity index (χ1v) is 3.81. The number of hydrogen-bond acceptors (Lipinski definition) is 4. The third kappa shape index (κ3) is 5.82. The quantitative estimate of drug-likeness (QED) is 0.240. The van der Waals surface area contributed by atoms with Crippen LogP contribution in [0.5, 0.6) is 0 Å². The molecular weight excluding hydrogens is 142 g/mol. The Hall–Kier alpha value is -0.610. The van der Waals surface area contributed by atoms with E-state index < -0.39 is 0 Å². The molecule has 0 aromatic carbocycles. The Balaban J connectivity index is 3.55. The molecule has 0 saturated heterocycles. The van der Waals surface area contributed by atoms with E-state index in [1.165, 1.54) is 6.21 Å². The summed E-state index contributed by atoms with van der Waals surface area (Å²) in [5, 5.41) is 11.2. The van der Waals surface area contributed by atoms with E-state index in [1.807, 2.05) is 13.8 Å². The smallest absolute Gasteiger partial charge is 0.0650 e. The van der Waals surface area contributed by atoms with Crippen molar-refractivity contribution in [2.45, 2.75) is 32.7 Å². The fraction of sp³-hybridized carbons (Fsp3) is 0.857. The van der Waals surface area contributed by atoms with E-state index >= 15 is 0 Å². The van der Waals surface area contributed by atoms with E-state index in [4.69, 9.17) is 5.21 Å². The lowest BCUT2D eigenvalue weighted by molar-refractivity contribution is 0.312. The van der Waals surface area contributed by atoms with Crippen molar-refractivity contribution >= 4 is 6.21 Å². The van der Waals surface area contributed by atoms with E-state index in [0.717, 1.165) is 13.0 Å². The fourth-order valence-corrected chi connectivity index (χ4v) is 0.592. The summed E-state index contributed by atoms with van der Waals surface area (Å²) < 4.78 is 0. The molecule has 0 unspecified atom stereocenters. The van der Waals surface area contributed by atoms with Crippen molar-refractivity contribution in [3.63, 3.8) is 0 Å². The van der Waals surface area contributed by atoms with E-state index in [0.29, 0.717) is 0 Å². The number of hydrazine groups is 1. The van der Waals surface area contributed by atoms with Crippen molar-refractivity contribution < 1.29 is 5.21 Å². The van der Waals surface area contributed by atoms with E-state index in [2.05, 4.69) is 22.9 Å². The monoisotopic (exact) mass is 159 g/mol. The molecule has 0 aliphatic heterocycles. The zero-order valence-electron chi connectivity index (χ0n) is 7.39. The van der Waals surface area contributed by atoms with Gasteiger partial charge in [0.2, 0.25) is 0 Å². The molecule has 4 nitrogen and oxygen atoms in total. The van der Waals surface area contributed by atoms with Crippen molar-refractivity contribution in [3.8, 4) is 0 Å². The molecule has 3 N–H and O–H groups in total. The van der Waals surface area contributed by atoms with Gasteiger partial charge in [-0.2, -0.15) is 0 Å². The summed E-state index contributed by atoms with van der Waals surface area (Å²) in [5.41, 5.74) is 5.71. The van der Waals surface area contributed by atoms with Crippen LogP contribution in [-0.4, -0.2) is 23.5 Å². The first-order chi connectivity index (χ1) is 5.12. The molecule has 11 heavy (non-hydrogen) atoms. The summed E-state index contributed by atoms with van der Waals surface area (Å²) in [7, 11) is 0. The molecule has 0 radical (unpaired) electrons. The number of nitrogens with one attached hydrogen (secondary N) is 2. The lowest BCUT2D eigenvalue weighted by Crippen LogP contribution is -2.49. The second-order valence-electron chi connectivity index (χ2n) is 3.02.